The Labute approximate surface area is 77.2 Å². The molecule has 2 amide bonds. The molecule has 0 aromatic rings. The largest absolute Gasteiger partial charge is 0.329 e. The first-order valence-corrected chi connectivity index (χ1v) is 4.31. The zero-order valence-corrected chi connectivity index (χ0v) is 7.96. The third-order valence-electron chi connectivity index (χ3n) is 2.47. The first kappa shape index (κ1) is 9.98. The molecular formula is C8H15N3O2. The standard InChI is InChI=1S/C8H15N3O2/c1-8(2)4-3-5-11(8)7(13)6(12)10-9/h3-5,9H2,1-2H3,(H,10,12). The zero-order valence-electron chi connectivity index (χ0n) is 7.96. The third-order valence-corrected chi connectivity index (χ3v) is 2.47. The Morgan fingerprint density at radius 1 is 1.46 bits per heavy atom. The molecule has 1 rings (SSSR count). The van der Waals surface area contributed by atoms with Crippen LogP contribution in [0.4, 0.5) is 0 Å². The van der Waals surface area contributed by atoms with Crippen molar-refractivity contribution in [3.8, 4) is 0 Å². The molecule has 0 bridgehead atoms. The summed E-state index contributed by atoms with van der Waals surface area (Å²) >= 11 is 0. The van der Waals surface area contributed by atoms with Gasteiger partial charge in [0.15, 0.2) is 0 Å². The van der Waals surface area contributed by atoms with E-state index < -0.39 is 11.8 Å². The van der Waals surface area contributed by atoms with Gasteiger partial charge in [0.1, 0.15) is 0 Å². The van der Waals surface area contributed by atoms with E-state index in [1.807, 2.05) is 19.3 Å². The predicted octanol–water partition coefficient (Wildman–Crippen LogP) is -0.623. The van der Waals surface area contributed by atoms with Gasteiger partial charge in [0.05, 0.1) is 0 Å². The van der Waals surface area contributed by atoms with Crippen molar-refractivity contribution in [1.82, 2.24) is 10.3 Å². The van der Waals surface area contributed by atoms with E-state index in [9.17, 15) is 9.59 Å². The lowest BCUT2D eigenvalue weighted by Gasteiger charge is -2.30. The highest BCUT2D eigenvalue weighted by atomic mass is 16.2. The lowest BCUT2D eigenvalue weighted by Crippen LogP contribution is -2.50. The maximum Gasteiger partial charge on any atom is 0.323 e. The Balaban J connectivity index is 2.72. The van der Waals surface area contributed by atoms with Crippen molar-refractivity contribution in [1.29, 1.82) is 0 Å². The van der Waals surface area contributed by atoms with Crippen LogP contribution in [0.2, 0.25) is 0 Å². The summed E-state index contributed by atoms with van der Waals surface area (Å²) in [5.41, 5.74) is 1.63. The maximum atomic E-state index is 11.4. The molecule has 5 nitrogen and oxygen atoms in total. The molecule has 1 saturated heterocycles. The van der Waals surface area contributed by atoms with E-state index in [1.54, 1.807) is 4.90 Å². The molecule has 74 valence electrons. The van der Waals surface area contributed by atoms with Crippen molar-refractivity contribution in [2.24, 2.45) is 5.84 Å². The van der Waals surface area contributed by atoms with E-state index in [1.165, 1.54) is 0 Å². The fourth-order valence-electron chi connectivity index (χ4n) is 1.67. The van der Waals surface area contributed by atoms with E-state index in [-0.39, 0.29) is 5.54 Å². The molecule has 5 heteroatoms. The number of hydrazine groups is 1. The molecule has 0 aromatic carbocycles. The number of rotatable bonds is 0. The quantitative estimate of drug-likeness (QED) is 0.228. The summed E-state index contributed by atoms with van der Waals surface area (Å²) in [6.45, 7) is 4.53. The van der Waals surface area contributed by atoms with Crippen LogP contribution >= 0.6 is 0 Å². The average molecular weight is 185 g/mol. The molecule has 1 aliphatic rings. The summed E-state index contributed by atoms with van der Waals surface area (Å²) in [5, 5.41) is 0. The Hall–Kier alpha value is -1.10. The molecule has 0 unspecified atom stereocenters. The van der Waals surface area contributed by atoms with Gasteiger partial charge >= 0.3 is 11.8 Å². The molecule has 0 aromatic heterocycles. The van der Waals surface area contributed by atoms with Gasteiger partial charge in [-0.25, -0.2) is 5.84 Å². The van der Waals surface area contributed by atoms with Crippen LogP contribution in [0.15, 0.2) is 0 Å². The number of carbonyl (C=O) groups excluding carboxylic acids is 2. The monoisotopic (exact) mass is 185 g/mol. The first-order valence-electron chi connectivity index (χ1n) is 4.31. The smallest absolute Gasteiger partial charge is 0.323 e. The highest BCUT2D eigenvalue weighted by Gasteiger charge is 2.37. The average Bonchev–Trinajstić information content (AvgIpc) is 2.42. The molecule has 1 fully saturated rings. The zero-order chi connectivity index (χ0) is 10.1. The molecular weight excluding hydrogens is 170 g/mol. The molecule has 0 saturated carbocycles. The van der Waals surface area contributed by atoms with E-state index >= 15 is 0 Å². The van der Waals surface area contributed by atoms with Gasteiger partial charge in [-0.1, -0.05) is 0 Å². The van der Waals surface area contributed by atoms with E-state index in [2.05, 4.69) is 0 Å². The van der Waals surface area contributed by atoms with Crippen molar-refractivity contribution in [2.45, 2.75) is 32.2 Å². The SMILES string of the molecule is CC1(C)CCCN1C(=O)C(=O)NN. The molecule has 0 radical (unpaired) electrons. The van der Waals surface area contributed by atoms with Gasteiger partial charge in [-0.15, -0.1) is 0 Å². The van der Waals surface area contributed by atoms with Gasteiger partial charge in [-0.05, 0) is 26.7 Å². The molecule has 1 aliphatic heterocycles. The summed E-state index contributed by atoms with van der Waals surface area (Å²) in [5.74, 6) is 3.60. The van der Waals surface area contributed by atoms with E-state index in [4.69, 9.17) is 5.84 Å². The minimum absolute atomic E-state index is 0.219. The van der Waals surface area contributed by atoms with Crippen LogP contribution in [-0.4, -0.2) is 28.8 Å². The Morgan fingerprint density at radius 2 is 2.08 bits per heavy atom. The van der Waals surface area contributed by atoms with E-state index in [0.29, 0.717) is 6.54 Å². The number of likely N-dealkylation sites (tertiary alicyclic amines) is 1. The van der Waals surface area contributed by atoms with Crippen molar-refractivity contribution in [2.75, 3.05) is 6.54 Å². The van der Waals surface area contributed by atoms with Crippen LogP contribution < -0.4 is 11.3 Å². The van der Waals surface area contributed by atoms with Gasteiger partial charge in [-0.2, -0.15) is 0 Å². The third kappa shape index (κ3) is 1.80. The summed E-state index contributed by atoms with van der Waals surface area (Å²) in [6.07, 6.45) is 1.87. The Morgan fingerprint density at radius 3 is 2.46 bits per heavy atom. The lowest BCUT2D eigenvalue weighted by atomic mass is 10.0. The highest BCUT2D eigenvalue weighted by molar-refractivity contribution is 6.35. The number of hydrogen-bond donors (Lipinski definition) is 2. The number of amides is 2. The molecule has 0 atom stereocenters. The van der Waals surface area contributed by atoms with Crippen LogP contribution in [0.3, 0.4) is 0 Å². The summed E-state index contributed by atoms with van der Waals surface area (Å²) in [4.78, 5) is 23.9. The Bertz CT molecular complexity index is 238. The number of nitrogens with two attached hydrogens (primary N) is 1. The highest BCUT2D eigenvalue weighted by Crippen LogP contribution is 2.27. The van der Waals surface area contributed by atoms with Gasteiger partial charge in [-0.3, -0.25) is 15.0 Å². The molecule has 0 aliphatic carbocycles. The summed E-state index contributed by atoms with van der Waals surface area (Å²) in [6, 6.07) is 0. The van der Waals surface area contributed by atoms with Gasteiger partial charge < -0.3 is 4.90 Å². The van der Waals surface area contributed by atoms with Crippen LogP contribution in [0.25, 0.3) is 0 Å². The van der Waals surface area contributed by atoms with Crippen LogP contribution in [0.1, 0.15) is 26.7 Å². The molecule has 0 spiro atoms. The molecule has 13 heavy (non-hydrogen) atoms. The van der Waals surface area contributed by atoms with Gasteiger partial charge in [0, 0.05) is 12.1 Å². The minimum Gasteiger partial charge on any atom is -0.329 e. The minimum atomic E-state index is -0.741. The number of nitrogens with one attached hydrogen (secondary N) is 1. The van der Waals surface area contributed by atoms with Gasteiger partial charge in [0.25, 0.3) is 0 Å². The topological polar surface area (TPSA) is 75.4 Å². The second-order valence-corrected chi connectivity index (χ2v) is 3.85. The second-order valence-electron chi connectivity index (χ2n) is 3.85. The number of nitrogens with zero attached hydrogens (tertiary/aromatic N) is 1. The normalized spacial score (nSPS) is 20.1. The van der Waals surface area contributed by atoms with Crippen molar-refractivity contribution in [3.63, 3.8) is 0 Å². The lowest BCUT2D eigenvalue weighted by molar-refractivity contribution is -0.148. The summed E-state index contributed by atoms with van der Waals surface area (Å²) in [7, 11) is 0. The van der Waals surface area contributed by atoms with Crippen LogP contribution in [0.5, 0.6) is 0 Å². The van der Waals surface area contributed by atoms with Crippen molar-refractivity contribution >= 4 is 11.8 Å². The van der Waals surface area contributed by atoms with E-state index in [0.717, 1.165) is 12.8 Å². The first-order chi connectivity index (χ1) is 5.99. The second kappa shape index (κ2) is 3.33. The molecule has 3 N–H and O–H groups in total. The fourth-order valence-corrected chi connectivity index (χ4v) is 1.67. The van der Waals surface area contributed by atoms with Crippen molar-refractivity contribution in [3.05, 3.63) is 0 Å². The predicted molar refractivity (Wildman–Crippen MR) is 47.4 cm³/mol. The fraction of sp³-hybridized carbons (Fsp3) is 0.750. The molecule has 1 heterocycles. The van der Waals surface area contributed by atoms with Crippen LogP contribution in [-0.2, 0) is 9.59 Å². The van der Waals surface area contributed by atoms with Gasteiger partial charge in [0.2, 0.25) is 0 Å². The summed E-state index contributed by atoms with van der Waals surface area (Å²) < 4.78 is 0. The maximum absolute atomic E-state index is 11.4. The van der Waals surface area contributed by atoms with Crippen molar-refractivity contribution < 1.29 is 9.59 Å². The van der Waals surface area contributed by atoms with Crippen LogP contribution in [0, 0.1) is 0 Å². The number of carbonyl (C=O) groups is 2. The Kier molecular flexibility index (Phi) is 2.56. The number of hydrogen-bond acceptors (Lipinski definition) is 3.